The molecule has 43 heavy (non-hydrogen) atoms. The molecule has 13 heteroatoms. The fraction of sp³-hybridized carbons (Fsp3) is 0.233. The number of carbonyl (C=O) groups excluding carboxylic acids is 1. The lowest BCUT2D eigenvalue weighted by Crippen LogP contribution is -2.26. The smallest absolute Gasteiger partial charge is 0.340 e. The van der Waals surface area contributed by atoms with Gasteiger partial charge >= 0.3 is 6.18 Å². The van der Waals surface area contributed by atoms with Crippen LogP contribution in [0.5, 0.6) is 0 Å². The molecule has 8 rings (SSSR count). The highest BCUT2D eigenvalue weighted by Gasteiger charge is 2.54. The Morgan fingerprint density at radius 1 is 1.00 bits per heavy atom. The number of imidazole rings is 1. The van der Waals surface area contributed by atoms with Crippen LogP contribution in [-0.2, 0) is 17.4 Å². The third kappa shape index (κ3) is 4.27. The van der Waals surface area contributed by atoms with Gasteiger partial charge in [0.2, 0.25) is 5.91 Å². The largest absolute Gasteiger partial charge is 0.436 e. The van der Waals surface area contributed by atoms with Gasteiger partial charge in [0.25, 0.3) is 5.56 Å². The monoisotopic (exact) mass is 603 g/mol. The van der Waals surface area contributed by atoms with Gasteiger partial charge in [-0.1, -0.05) is 22.9 Å². The summed E-state index contributed by atoms with van der Waals surface area (Å²) in [7, 11) is 0. The second-order valence-electron chi connectivity index (χ2n) is 11.1. The van der Waals surface area contributed by atoms with Gasteiger partial charge in [0, 0.05) is 40.4 Å². The summed E-state index contributed by atoms with van der Waals surface area (Å²) >= 11 is 6.29. The van der Waals surface area contributed by atoms with Gasteiger partial charge in [0.1, 0.15) is 5.82 Å². The van der Waals surface area contributed by atoms with Crippen LogP contribution in [0, 0.1) is 5.92 Å². The second kappa shape index (κ2) is 9.14. The van der Waals surface area contributed by atoms with Crippen molar-refractivity contribution in [1.29, 1.82) is 0 Å². The summed E-state index contributed by atoms with van der Waals surface area (Å²) in [5.41, 5.74) is 4.45. The number of fused-ring (bicyclic) bond motifs is 4. The van der Waals surface area contributed by atoms with Gasteiger partial charge < -0.3 is 14.9 Å². The van der Waals surface area contributed by atoms with E-state index in [9.17, 15) is 22.8 Å². The van der Waals surface area contributed by atoms with Crippen molar-refractivity contribution in [1.82, 2.24) is 29.5 Å². The van der Waals surface area contributed by atoms with Crippen molar-refractivity contribution in [2.24, 2.45) is 5.92 Å². The van der Waals surface area contributed by atoms with E-state index in [1.54, 1.807) is 29.0 Å². The zero-order valence-corrected chi connectivity index (χ0v) is 22.9. The van der Waals surface area contributed by atoms with Gasteiger partial charge in [-0.3, -0.25) is 9.59 Å². The molecule has 3 aliphatic rings. The van der Waals surface area contributed by atoms with E-state index in [1.807, 2.05) is 24.3 Å². The molecule has 216 valence electrons. The van der Waals surface area contributed by atoms with Crippen LogP contribution in [-0.4, -0.2) is 35.4 Å². The number of aromatic nitrogens is 6. The number of amides is 1. The molecule has 1 fully saturated rings. The highest BCUT2D eigenvalue weighted by molar-refractivity contribution is 6.31. The summed E-state index contributed by atoms with van der Waals surface area (Å²) in [6, 6.07) is 13.7. The zero-order valence-electron chi connectivity index (χ0n) is 22.2. The fourth-order valence-electron chi connectivity index (χ4n) is 6.39. The first kappa shape index (κ1) is 26.0. The van der Waals surface area contributed by atoms with Gasteiger partial charge in [0.15, 0.2) is 5.69 Å². The second-order valence-corrected chi connectivity index (χ2v) is 11.6. The molecule has 5 heterocycles. The van der Waals surface area contributed by atoms with E-state index < -0.39 is 11.9 Å². The van der Waals surface area contributed by atoms with Crippen LogP contribution in [0.2, 0.25) is 5.02 Å². The third-order valence-corrected chi connectivity index (χ3v) is 8.72. The van der Waals surface area contributed by atoms with Crippen molar-refractivity contribution in [3.63, 3.8) is 0 Å². The molecule has 2 aromatic carbocycles. The van der Waals surface area contributed by atoms with Gasteiger partial charge in [-0.2, -0.15) is 13.2 Å². The van der Waals surface area contributed by atoms with E-state index in [2.05, 4.69) is 25.6 Å². The number of H-pyrrole nitrogens is 1. The molecule has 2 N–H and O–H groups in total. The molecule has 1 aliphatic carbocycles. The molecule has 0 unspecified atom stereocenters. The quantitative estimate of drug-likeness (QED) is 0.272. The van der Waals surface area contributed by atoms with Crippen LogP contribution in [0.1, 0.15) is 47.6 Å². The highest BCUT2D eigenvalue weighted by atomic mass is 35.5. The Hall–Kier alpha value is -4.71. The summed E-state index contributed by atoms with van der Waals surface area (Å²) in [6.07, 6.45) is -0.0608. The van der Waals surface area contributed by atoms with Crippen LogP contribution in [0.4, 0.5) is 18.9 Å². The molecule has 0 saturated heterocycles. The molecule has 5 aromatic rings. The van der Waals surface area contributed by atoms with E-state index in [0.717, 1.165) is 45.5 Å². The average molecular weight is 604 g/mol. The summed E-state index contributed by atoms with van der Waals surface area (Å²) in [6.45, 7) is 0. The molecule has 3 aromatic heterocycles. The predicted molar refractivity (Wildman–Crippen MR) is 151 cm³/mol. The maximum atomic E-state index is 13.7. The lowest BCUT2D eigenvalue weighted by atomic mass is 9.99. The number of aryl methyl sites for hydroxylation is 1. The Kier molecular flexibility index (Phi) is 5.52. The Morgan fingerprint density at radius 2 is 1.86 bits per heavy atom. The molecule has 1 saturated carbocycles. The minimum atomic E-state index is -4.64. The number of rotatable bonds is 4. The van der Waals surface area contributed by atoms with Crippen LogP contribution >= 0.6 is 11.6 Å². The van der Waals surface area contributed by atoms with Crippen molar-refractivity contribution >= 4 is 23.2 Å². The maximum Gasteiger partial charge on any atom is 0.436 e. The van der Waals surface area contributed by atoms with Crippen LogP contribution < -0.4 is 10.9 Å². The minimum Gasteiger partial charge on any atom is -0.340 e. The van der Waals surface area contributed by atoms with Crippen LogP contribution in [0.25, 0.3) is 28.1 Å². The number of pyridine rings is 1. The van der Waals surface area contributed by atoms with E-state index in [0.29, 0.717) is 40.5 Å². The first-order chi connectivity index (χ1) is 20.6. The van der Waals surface area contributed by atoms with E-state index in [4.69, 9.17) is 11.6 Å². The van der Waals surface area contributed by atoms with Crippen molar-refractivity contribution in [3.05, 3.63) is 99.1 Å². The van der Waals surface area contributed by atoms with Crippen molar-refractivity contribution in [2.45, 2.75) is 37.4 Å². The number of nitrogens with one attached hydrogen (secondary N) is 2. The fourth-order valence-corrected chi connectivity index (χ4v) is 6.57. The predicted octanol–water partition coefficient (Wildman–Crippen LogP) is 5.75. The first-order valence-electron chi connectivity index (χ1n) is 13.7. The number of hydrogen-bond donors (Lipinski definition) is 2. The lowest BCUT2D eigenvalue weighted by molar-refractivity contribution is -0.141. The lowest BCUT2D eigenvalue weighted by Gasteiger charge is -2.18. The van der Waals surface area contributed by atoms with Gasteiger partial charge in [-0.25, -0.2) is 9.67 Å². The van der Waals surface area contributed by atoms with E-state index in [-0.39, 0.29) is 29.3 Å². The number of alkyl halides is 3. The number of aromatic amines is 1. The SMILES string of the molecule is O=C1CCc2cc(-c3cnc([C@@H]4[C@H]5C[C@H]5c5cc(-c6cc(Cl)ccc6-n6cc(C(F)(F)F)nn6)cc(=O)n54)[nH]3)ccc2N1. The first-order valence-corrected chi connectivity index (χ1v) is 14.1. The molecule has 9 nitrogen and oxygen atoms in total. The standard InChI is InChI=1S/C30H21ClF3N7O2/c31-17-3-5-23(40-13-25(38-39-40)30(32,33)34)18(10-17)16-8-24-19-11-20(19)28(41(24)27(43)9-16)29-35-12-22(37-29)15-1-4-21-14(7-15)2-6-26(42)36-21/h1,3-5,7-10,12-13,19-20,28H,2,6,11H2,(H,35,37)(H,36,42)/t19-,20+,28+/m1/s1. The maximum absolute atomic E-state index is 13.7. The van der Waals surface area contributed by atoms with Crippen LogP contribution in [0.15, 0.2) is 65.7 Å². The van der Waals surface area contributed by atoms with Gasteiger partial charge in [-0.15, -0.1) is 5.10 Å². The zero-order chi connectivity index (χ0) is 29.6. The molecule has 3 atom stereocenters. The number of carbonyl (C=O) groups is 1. The molecule has 1 amide bonds. The summed E-state index contributed by atoms with van der Waals surface area (Å²) in [5.74, 6) is 1.05. The number of anilines is 1. The minimum absolute atomic E-state index is 0.0112. The summed E-state index contributed by atoms with van der Waals surface area (Å²) in [5, 5.41) is 10.2. The molecule has 0 spiro atoms. The Morgan fingerprint density at radius 3 is 2.67 bits per heavy atom. The van der Waals surface area contributed by atoms with Crippen LogP contribution in [0.3, 0.4) is 0 Å². The van der Waals surface area contributed by atoms with Crippen molar-refractivity contribution in [2.75, 3.05) is 5.32 Å². The van der Waals surface area contributed by atoms with Crippen molar-refractivity contribution < 1.29 is 18.0 Å². The van der Waals surface area contributed by atoms with Gasteiger partial charge in [0.05, 0.1) is 29.8 Å². The van der Waals surface area contributed by atoms with E-state index in [1.165, 1.54) is 6.07 Å². The molecular formula is C30H21ClF3N7O2. The van der Waals surface area contributed by atoms with Gasteiger partial charge in [-0.05, 0) is 71.8 Å². The summed E-state index contributed by atoms with van der Waals surface area (Å²) < 4.78 is 42.4. The molecule has 2 aliphatic heterocycles. The highest BCUT2D eigenvalue weighted by Crippen LogP contribution is 2.60. The summed E-state index contributed by atoms with van der Waals surface area (Å²) in [4.78, 5) is 33.5. The third-order valence-electron chi connectivity index (χ3n) is 8.49. The Bertz CT molecular complexity index is 2030. The number of halogens is 4. The van der Waals surface area contributed by atoms with E-state index >= 15 is 0 Å². The normalized spacial score (nSPS) is 20.4. The molecule has 0 bridgehead atoms. The van der Waals surface area contributed by atoms with Crippen molar-refractivity contribution in [3.8, 4) is 28.1 Å². The Labute approximate surface area is 246 Å². The molecule has 0 radical (unpaired) electrons. The molecular weight excluding hydrogens is 583 g/mol. The number of nitrogens with zero attached hydrogens (tertiary/aromatic N) is 5. The number of benzene rings is 2. The number of hydrogen-bond acceptors (Lipinski definition) is 5. The Balaban J connectivity index is 1.15. The topological polar surface area (TPSA) is 110 Å². The average Bonchev–Trinajstić information content (AvgIpc) is 3.30.